The zero-order chi connectivity index (χ0) is 15.5. The molecule has 2 N–H and O–H groups in total. The molecule has 1 aliphatic heterocycles. The van der Waals surface area contributed by atoms with E-state index in [9.17, 15) is 4.79 Å². The van der Waals surface area contributed by atoms with Gasteiger partial charge in [-0.05, 0) is 5.56 Å². The van der Waals surface area contributed by atoms with Gasteiger partial charge < -0.3 is 10.6 Å². The Morgan fingerprint density at radius 1 is 1.41 bits per heavy atom. The van der Waals surface area contributed by atoms with Crippen LogP contribution in [0.5, 0.6) is 0 Å². The minimum Gasteiger partial charge on any atom is -0.328 e. The number of aromatic nitrogens is 1. The van der Waals surface area contributed by atoms with Gasteiger partial charge in [-0.2, -0.15) is 11.8 Å². The van der Waals surface area contributed by atoms with Crippen molar-refractivity contribution in [1.82, 2.24) is 9.88 Å². The molecule has 1 amide bonds. The summed E-state index contributed by atoms with van der Waals surface area (Å²) in [6.45, 7) is 3.32. The van der Waals surface area contributed by atoms with Crippen LogP contribution in [0, 0.1) is 0 Å². The van der Waals surface area contributed by atoms with Crippen LogP contribution >= 0.6 is 23.1 Å². The number of hydrogen-bond donors (Lipinski definition) is 1. The molecule has 2 aromatic rings. The normalized spacial score (nSPS) is 21.8. The summed E-state index contributed by atoms with van der Waals surface area (Å²) in [5, 5.41) is 2.99. The fraction of sp³-hybridized carbons (Fsp3) is 0.375. The molecule has 6 heteroatoms. The van der Waals surface area contributed by atoms with Crippen LogP contribution in [-0.2, 0) is 6.54 Å². The summed E-state index contributed by atoms with van der Waals surface area (Å²) in [5.41, 5.74) is 7.31. The van der Waals surface area contributed by atoms with E-state index >= 15 is 0 Å². The highest BCUT2D eigenvalue weighted by atomic mass is 32.2. The second-order valence-corrected chi connectivity index (χ2v) is 7.69. The Morgan fingerprint density at radius 2 is 2.18 bits per heavy atom. The molecule has 22 heavy (non-hydrogen) atoms. The van der Waals surface area contributed by atoms with Gasteiger partial charge in [0, 0.05) is 29.5 Å². The molecule has 0 aliphatic carbocycles. The van der Waals surface area contributed by atoms with E-state index in [0.29, 0.717) is 17.5 Å². The van der Waals surface area contributed by atoms with Crippen LogP contribution < -0.4 is 5.73 Å². The standard InChI is InChI=1S/C16H19N3OS2/c1-11-15(12-5-3-2-4-6-12)19(7-8-21-11)16(20)13-10-22-14(9-17)18-13/h2-6,10-11,15H,7-9,17H2,1H3. The van der Waals surface area contributed by atoms with Gasteiger partial charge in [0.05, 0.1) is 6.04 Å². The number of nitrogens with two attached hydrogens (primary N) is 1. The number of benzene rings is 1. The molecular formula is C16H19N3OS2. The van der Waals surface area contributed by atoms with Crippen LogP contribution in [0.3, 0.4) is 0 Å². The number of thioether (sulfide) groups is 1. The van der Waals surface area contributed by atoms with Crippen molar-refractivity contribution in [3.63, 3.8) is 0 Å². The molecular weight excluding hydrogens is 314 g/mol. The molecule has 0 bridgehead atoms. The van der Waals surface area contributed by atoms with Crippen LogP contribution in [0.4, 0.5) is 0 Å². The van der Waals surface area contributed by atoms with Crippen molar-refractivity contribution in [1.29, 1.82) is 0 Å². The Morgan fingerprint density at radius 3 is 2.86 bits per heavy atom. The molecule has 1 aromatic carbocycles. The van der Waals surface area contributed by atoms with Gasteiger partial charge in [-0.15, -0.1) is 11.3 Å². The van der Waals surface area contributed by atoms with Gasteiger partial charge in [-0.1, -0.05) is 37.3 Å². The van der Waals surface area contributed by atoms with E-state index in [1.807, 2.05) is 40.2 Å². The third kappa shape index (κ3) is 3.04. The maximum absolute atomic E-state index is 12.9. The summed E-state index contributed by atoms with van der Waals surface area (Å²) in [5.74, 6) is 0.973. The maximum atomic E-state index is 12.9. The second-order valence-electron chi connectivity index (χ2n) is 5.26. The first kappa shape index (κ1) is 15.5. The quantitative estimate of drug-likeness (QED) is 0.938. The third-order valence-corrected chi connectivity index (χ3v) is 5.91. The lowest BCUT2D eigenvalue weighted by molar-refractivity contribution is 0.0675. The summed E-state index contributed by atoms with van der Waals surface area (Å²) in [7, 11) is 0. The number of nitrogens with zero attached hydrogens (tertiary/aromatic N) is 2. The van der Waals surface area contributed by atoms with E-state index in [1.54, 1.807) is 0 Å². The minimum atomic E-state index is 0.0111. The van der Waals surface area contributed by atoms with Gasteiger partial charge in [0.25, 0.3) is 5.91 Å². The van der Waals surface area contributed by atoms with E-state index in [1.165, 1.54) is 16.9 Å². The Balaban J connectivity index is 1.90. The first-order valence-corrected chi connectivity index (χ1v) is 9.25. The summed E-state index contributed by atoms with van der Waals surface area (Å²) >= 11 is 3.37. The highest BCUT2D eigenvalue weighted by molar-refractivity contribution is 8.00. The van der Waals surface area contributed by atoms with Crippen LogP contribution in [0.25, 0.3) is 0 Å². The van der Waals surface area contributed by atoms with Gasteiger partial charge in [0.2, 0.25) is 0 Å². The smallest absolute Gasteiger partial charge is 0.273 e. The van der Waals surface area contributed by atoms with E-state index in [-0.39, 0.29) is 11.9 Å². The van der Waals surface area contributed by atoms with Crippen LogP contribution in [-0.4, -0.2) is 33.3 Å². The minimum absolute atomic E-state index is 0.0111. The van der Waals surface area contributed by atoms with Crippen molar-refractivity contribution >= 4 is 29.0 Å². The summed E-state index contributed by atoms with van der Waals surface area (Å²) < 4.78 is 0. The Bertz CT molecular complexity index is 644. The first-order chi connectivity index (χ1) is 10.7. The molecule has 2 unspecified atom stereocenters. The average molecular weight is 333 g/mol. The molecule has 1 aliphatic rings. The molecule has 3 rings (SSSR count). The lowest BCUT2D eigenvalue weighted by Crippen LogP contribution is -2.44. The lowest BCUT2D eigenvalue weighted by Gasteiger charge is -2.39. The van der Waals surface area contributed by atoms with Crippen molar-refractivity contribution in [2.75, 3.05) is 12.3 Å². The lowest BCUT2D eigenvalue weighted by atomic mass is 10.0. The molecule has 2 heterocycles. The second kappa shape index (κ2) is 6.81. The molecule has 1 saturated heterocycles. The van der Waals surface area contributed by atoms with Gasteiger partial charge >= 0.3 is 0 Å². The van der Waals surface area contributed by atoms with E-state index in [0.717, 1.165) is 17.3 Å². The number of rotatable bonds is 3. The summed E-state index contributed by atoms with van der Waals surface area (Å²) in [6, 6.07) is 10.3. The van der Waals surface area contributed by atoms with Crippen LogP contribution in [0.2, 0.25) is 0 Å². The highest BCUT2D eigenvalue weighted by Gasteiger charge is 2.34. The first-order valence-electron chi connectivity index (χ1n) is 7.32. The summed E-state index contributed by atoms with van der Waals surface area (Å²) in [4.78, 5) is 19.2. The van der Waals surface area contributed by atoms with Crippen molar-refractivity contribution in [3.05, 3.63) is 52.0 Å². The molecule has 2 atom stereocenters. The third-order valence-electron chi connectivity index (χ3n) is 3.84. The number of thiazole rings is 1. The van der Waals surface area contributed by atoms with Gasteiger partial charge in [-0.25, -0.2) is 4.98 Å². The number of carbonyl (C=O) groups excluding carboxylic acids is 1. The van der Waals surface area contributed by atoms with Crippen LogP contribution in [0.15, 0.2) is 35.7 Å². The Labute approximate surface area is 138 Å². The van der Waals surface area contributed by atoms with Gasteiger partial charge in [0.15, 0.2) is 0 Å². The Kier molecular flexibility index (Phi) is 4.81. The fourth-order valence-corrected chi connectivity index (χ4v) is 4.61. The maximum Gasteiger partial charge on any atom is 0.273 e. The van der Waals surface area contributed by atoms with Crippen molar-refractivity contribution in [2.45, 2.75) is 24.8 Å². The number of carbonyl (C=O) groups is 1. The molecule has 4 nitrogen and oxygen atoms in total. The highest BCUT2D eigenvalue weighted by Crippen LogP contribution is 2.36. The van der Waals surface area contributed by atoms with Crippen molar-refractivity contribution in [3.8, 4) is 0 Å². The predicted molar refractivity (Wildman–Crippen MR) is 92.1 cm³/mol. The number of amides is 1. The molecule has 1 aromatic heterocycles. The molecule has 0 saturated carbocycles. The zero-order valence-electron chi connectivity index (χ0n) is 12.4. The van der Waals surface area contributed by atoms with Crippen LogP contribution in [0.1, 0.15) is 34.0 Å². The molecule has 0 spiro atoms. The van der Waals surface area contributed by atoms with E-state index in [4.69, 9.17) is 5.73 Å². The molecule has 1 fully saturated rings. The average Bonchev–Trinajstić information content (AvgIpc) is 3.04. The SMILES string of the molecule is CC1SCCN(C(=O)c2csc(CN)n2)C1c1ccccc1. The Hall–Kier alpha value is -1.37. The molecule has 116 valence electrons. The largest absolute Gasteiger partial charge is 0.328 e. The zero-order valence-corrected chi connectivity index (χ0v) is 14.1. The van der Waals surface area contributed by atoms with Crippen molar-refractivity contribution < 1.29 is 4.79 Å². The van der Waals surface area contributed by atoms with Crippen molar-refractivity contribution in [2.24, 2.45) is 5.73 Å². The fourth-order valence-electron chi connectivity index (χ4n) is 2.80. The number of hydrogen-bond acceptors (Lipinski definition) is 5. The van der Waals surface area contributed by atoms with Gasteiger partial charge in [-0.3, -0.25) is 4.79 Å². The monoisotopic (exact) mass is 333 g/mol. The van der Waals surface area contributed by atoms with E-state index < -0.39 is 0 Å². The topological polar surface area (TPSA) is 59.2 Å². The predicted octanol–water partition coefficient (Wildman–Crippen LogP) is 2.92. The van der Waals surface area contributed by atoms with E-state index in [2.05, 4.69) is 24.0 Å². The van der Waals surface area contributed by atoms with Gasteiger partial charge in [0.1, 0.15) is 10.7 Å². The molecule has 0 radical (unpaired) electrons. The summed E-state index contributed by atoms with van der Waals surface area (Å²) in [6.07, 6.45) is 0.